The zero-order chi connectivity index (χ0) is 22.8. The van der Waals surface area contributed by atoms with Gasteiger partial charge in [0.2, 0.25) is 0 Å². The molecule has 3 rings (SSSR count). The van der Waals surface area contributed by atoms with Crippen LogP contribution in [0.4, 0.5) is 5.69 Å². The van der Waals surface area contributed by atoms with Crippen molar-refractivity contribution in [3.05, 3.63) is 77.0 Å². The summed E-state index contributed by atoms with van der Waals surface area (Å²) >= 11 is 4.70. The molecule has 0 aliphatic carbocycles. The van der Waals surface area contributed by atoms with E-state index < -0.39 is 0 Å². The van der Waals surface area contributed by atoms with Crippen molar-refractivity contribution in [3.8, 4) is 5.75 Å². The van der Waals surface area contributed by atoms with Gasteiger partial charge in [0.1, 0.15) is 5.75 Å². The molecule has 2 aromatic carbocycles. The number of carbonyl (C=O) groups excluding carboxylic acids is 1. The van der Waals surface area contributed by atoms with Crippen molar-refractivity contribution in [2.75, 3.05) is 18.2 Å². The topological polar surface area (TPSA) is 93.4 Å². The molecule has 2 N–H and O–H groups in total. The fourth-order valence-electron chi connectivity index (χ4n) is 2.75. The van der Waals surface area contributed by atoms with Crippen LogP contribution in [-0.4, -0.2) is 39.7 Å². The lowest BCUT2D eigenvalue weighted by atomic mass is 10.2. The van der Waals surface area contributed by atoms with E-state index in [2.05, 4.69) is 48.6 Å². The standard InChI is InChI=1S/C22H23BrN6O2S/c1-3-11-29-20(14-24-18-7-5-4-6-8-18)26-28-22(29)32-15-21(30)27-25-13-16-12-17(23)9-10-19(16)31-2/h3-10,12-13,24H,1,11,14-15H2,2H3,(H,27,30)/b25-13+. The molecule has 1 aromatic heterocycles. The van der Waals surface area contributed by atoms with Gasteiger partial charge in [-0.25, -0.2) is 5.43 Å². The summed E-state index contributed by atoms with van der Waals surface area (Å²) in [5.74, 6) is 1.32. The molecular formula is C22H23BrN6O2S. The van der Waals surface area contributed by atoms with Gasteiger partial charge >= 0.3 is 0 Å². The number of aromatic nitrogens is 3. The average Bonchev–Trinajstić information content (AvgIpc) is 3.19. The van der Waals surface area contributed by atoms with Gasteiger partial charge in [0, 0.05) is 22.3 Å². The quantitative estimate of drug-likeness (QED) is 0.173. The van der Waals surface area contributed by atoms with Crippen LogP contribution in [0, 0.1) is 0 Å². The molecule has 0 bridgehead atoms. The number of allylic oxidation sites excluding steroid dienone is 1. The molecule has 0 spiro atoms. The second-order valence-electron chi connectivity index (χ2n) is 6.49. The molecule has 0 atom stereocenters. The minimum atomic E-state index is -0.252. The first-order valence-corrected chi connectivity index (χ1v) is 11.5. The smallest absolute Gasteiger partial charge is 0.250 e. The highest BCUT2D eigenvalue weighted by Crippen LogP contribution is 2.21. The number of benzene rings is 2. The van der Waals surface area contributed by atoms with Crippen molar-refractivity contribution in [1.82, 2.24) is 20.2 Å². The molecule has 1 amide bonds. The molecule has 0 radical (unpaired) electrons. The predicted octanol–water partition coefficient (Wildman–Crippen LogP) is 4.09. The summed E-state index contributed by atoms with van der Waals surface area (Å²) in [5.41, 5.74) is 4.27. The molecule has 0 saturated carbocycles. The lowest BCUT2D eigenvalue weighted by Crippen LogP contribution is -2.20. The Morgan fingerprint density at radius 2 is 2.09 bits per heavy atom. The van der Waals surface area contributed by atoms with E-state index in [-0.39, 0.29) is 11.7 Å². The van der Waals surface area contributed by atoms with Gasteiger partial charge in [-0.3, -0.25) is 4.79 Å². The van der Waals surface area contributed by atoms with Gasteiger partial charge in [0.05, 0.1) is 25.6 Å². The zero-order valence-electron chi connectivity index (χ0n) is 17.5. The second kappa shape index (κ2) is 12.1. The molecule has 166 valence electrons. The average molecular weight is 515 g/mol. The first kappa shape index (κ1) is 23.6. The third-order valence-electron chi connectivity index (χ3n) is 4.25. The Bertz CT molecular complexity index is 1090. The molecule has 3 aromatic rings. The van der Waals surface area contributed by atoms with Crippen molar-refractivity contribution in [2.24, 2.45) is 5.10 Å². The van der Waals surface area contributed by atoms with Gasteiger partial charge in [-0.15, -0.1) is 16.8 Å². The number of hydrogen-bond donors (Lipinski definition) is 2. The third kappa shape index (κ3) is 6.69. The molecule has 0 aliphatic rings. The Kier molecular flexibility index (Phi) is 8.88. The third-order valence-corrected chi connectivity index (χ3v) is 5.71. The molecule has 32 heavy (non-hydrogen) atoms. The second-order valence-corrected chi connectivity index (χ2v) is 8.34. The molecule has 0 unspecified atom stereocenters. The number of nitrogens with one attached hydrogen (secondary N) is 2. The number of carbonyl (C=O) groups is 1. The van der Waals surface area contributed by atoms with Gasteiger partial charge in [0.25, 0.3) is 5.91 Å². The zero-order valence-corrected chi connectivity index (χ0v) is 19.9. The number of amides is 1. The fraction of sp³-hybridized carbons (Fsp3) is 0.182. The van der Waals surface area contributed by atoms with E-state index in [9.17, 15) is 4.79 Å². The summed E-state index contributed by atoms with van der Waals surface area (Å²) < 4.78 is 8.11. The van der Waals surface area contributed by atoms with E-state index in [1.165, 1.54) is 11.8 Å². The van der Waals surface area contributed by atoms with Crippen LogP contribution in [0.5, 0.6) is 5.75 Å². The van der Waals surface area contributed by atoms with Crippen LogP contribution < -0.4 is 15.5 Å². The van der Waals surface area contributed by atoms with Crippen molar-refractivity contribution < 1.29 is 9.53 Å². The summed E-state index contributed by atoms with van der Waals surface area (Å²) in [5, 5.41) is 16.5. The van der Waals surface area contributed by atoms with Crippen LogP contribution >= 0.6 is 27.7 Å². The Hall–Kier alpha value is -3.11. The number of ether oxygens (including phenoxy) is 1. The number of rotatable bonds is 11. The minimum Gasteiger partial charge on any atom is -0.496 e. The summed E-state index contributed by atoms with van der Waals surface area (Å²) in [6.07, 6.45) is 3.31. The predicted molar refractivity (Wildman–Crippen MR) is 131 cm³/mol. The van der Waals surface area contributed by atoms with Crippen LogP contribution in [0.3, 0.4) is 0 Å². The van der Waals surface area contributed by atoms with Crippen molar-refractivity contribution in [2.45, 2.75) is 18.2 Å². The van der Waals surface area contributed by atoms with E-state index >= 15 is 0 Å². The molecule has 0 aliphatic heterocycles. The first-order valence-electron chi connectivity index (χ1n) is 9.71. The summed E-state index contributed by atoms with van der Waals surface area (Å²) in [4.78, 5) is 12.2. The van der Waals surface area contributed by atoms with Crippen molar-refractivity contribution in [1.29, 1.82) is 0 Å². The van der Waals surface area contributed by atoms with Gasteiger partial charge < -0.3 is 14.6 Å². The Labute approximate surface area is 199 Å². The maximum Gasteiger partial charge on any atom is 0.250 e. The SMILES string of the molecule is C=CCn1c(CNc2ccccc2)nnc1SCC(=O)N/N=C/c1cc(Br)ccc1OC. The molecule has 1 heterocycles. The van der Waals surface area contributed by atoms with Crippen LogP contribution in [0.15, 0.2) is 75.9 Å². The van der Waals surface area contributed by atoms with Gasteiger partial charge in [0.15, 0.2) is 11.0 Å². The minimum absolute atomic E-state index is 0.147. The highest BCUT2D eigenvalue weighted by molar-refractivity contribution is 9.10. The molecule has 0 fully saturated rings. The van der Waals surface area contributed by atoms with Crippen molar-refractivity contribution >= 4 is 45.5 Å². The van der Waals surface area contributed by atoms with E-state index in [1.54, 1.807) is 19.4 Å². The number of methoxy groups -OCH3 is 1. The number of thioether (sulfide) groups is 1. The Morgan fingerprint density at radius 1 is 1.28 bits per heavy atom. The van der Waals surface area contributed by atoms with Crippen LogP contribution in [0.1, 0.15) is 11.4 Å². The normalized spacial score (nSPS) is 10.8. The molecule has 10 heteroatoms. The summed E-state index contributed by atoms with van der Waals surface area (Å²) in [6.45, 7) is 4.86. The van der Waals surface area contributed by atoms with Gasteiger partial charge in [-0.05, 0) is 30.3 Å². The van der Waals surface area contributed by atoms with Gasteiger partial charge in [-0.2, -0.15) is 5.10 Å². The van der Waals surface area contributed by atoms with Crippen molar-refractivity contribution in [3.63, 3.8) is 0 Å². The number of halogens is 1. The summed E-state index contributed by atoms with van der Waals surface area (Å²) in [6, 6.07) is 15.4. The maximum atomic E-state index is 12.2. The lowest BCUT2D eigenvalue weighted by Gasteiger charge is -2.09. The molecule has 8 nitrogen and oxygen atoms in total. The highest BCUT2D eigenvalue weighted by atomic mass is 79.9. The van der Waals surface area contributed by atoms with E-state index in [4.69, 9.17) is 4.74 Å². The fourth-order valence-corrected chi connectivity index (χ4v) is 3.89. The monoisotopic (exact) mass is 514 g/mol. The van der Waals surface area contributed by atoms with Crippen LogP contribution in [-0.2, 0) is 17.9 Å². The number of anilines is 1. The number of hydrogen-bond acceptors (Lipinski definition) is 7. The van der Waals surface area contributed by atoms with E-state index in [0.717, 1.165) is 21.5 Å². The Balaban J connectivity index is 1.56. The number of para-hydroxylation sites is 1. The number of hydrazone groups is 1. The lowest BCUT2D eigenvalue weighted by molar-refractivity contribution is -0.118. The first-order chi connectivity index (χ1) is 15.6. The molecule has 0 saturated heterocycles. The Morgan fingerprint density at radius 3 is 2.84 bits per heavy atom. The van der Waals surface area contributed by atoms with E-state index in [1.807, 2.05) is 53.1 Å². The van der Waals surface area contributed by atoms with E-state index in [0.29, 0.717) is 24.0 Å². The number of nitrogens with zero attached hydrogens (tertiary/aromatic N) is 4. The molecular weight excluding hydrogens is 492 g/mol. The summed E-state index contributed by atoms with van der Waals surface area (Å²) in [7, 11) is 1.58. The maximum absolute atomic E-state index is 12.2. The van der Waals surface area contributed by atoms with Crippen LogP contribution in [0.25, 0.3) is 0 Å². The highest BCUT2D eigenvalue weighted by Gasteiger charge is 2.13. The van der Waals surface area contributed by atoms with Gasteiger partial charge in [-0.1, -0.05) is 52.0 Å². The largest absolute Gasteiger partial charge is 0.496 e. The van der Waals surface area contributed by atoms with Crippen LogP contribution in [0.2, 0.25) is 0 Å².